The maximum absolute atomic E-state index is 13.7. The molecule has 1 aromatic carbocycles. The van der Waals surface area contributed by atoms with Crippen LogP contribution in [0.1, 0.15) is 33.3 Å². The Morgan fingerprint density at radius 3 is 2.39 bits per heavy atom. The van der Waals surface area contributed by atoms with E-state index in [2.05, 4.69) is 4.40 Å². The molecule has 0 bridgehead atoms. The summed E-state index contributed by atoms with van der Waals surface area (Å²) in [5.41, 5.74) is 4.99. The van der Waals surface area contributed by atoms with Gasteiger partial charge in [-0.2, -0.15) is 0 Å². The topological polar surface area (TPSA) is 61.4 Å². The van der Waals surface area contributed by atoms with Crippen LogP contribution in [0.5, 0.6) is 0 Å². The quantitative estimate of drug-likeness (QED) is 0.512. The number of hydrogen-bond donors (Lipinski definition) is 1. The first-order chi connectivity index (χ1) is 8.14. The summed E-state index contributed by atoms with van der Waals surface area (Å²) >= 11 is -1.50. The van der Waals surface area contributed by atoms with Crippen LogP contribution in [0.4, 0.5) is 14.5 Å². The zero-order valence-electron chi connectivity index (χ0n) is 10.8. The van der Waals surface area contributed by atoms with Crippen molar-refractivity contribution in [2.45, 2.75) is 32.4 Å². The SMILES string of the molecule is C/C(=N\[S+]([O-])C(C)(C)C)c1ccc(F)c(N)c1F. The van der Waals surface area contributed by atoms with Gasteiger partial charge in [-0.05, 0) is 39.8 Å². The van der Waals surface area contributed by atoms with Crippen molar-refractivity contribution in [2.75, 3.05) is 5.73 Å². The largest absolute Gasteiger partial charge is 0.591 e. The van der Waals surface area contributed by atoms with E-state index in [1.165, 1.54) is 13.0 Å². The molecule has 0 spiro atoms. The molecule has 18 heavy (non-hydrogen) atoms. The molecule has 100 valence electrons. The van der Waals surface area contributed by atoms with Crippen LogP contribution in [0, 0.1) is 11.6 Å². The summed E-state index contributed by atoms with van der Waals surface area (Å²) in [6, 6.07) is 2.30. The number of rotatable bonds is 2. The minimum Gasteiger partial charge on any atom is -0.591 e. The molecular weight excluding hydrogens is 258 g/mol. The summed E-state index contributed by atoms with van der Waals surface area (Å²) in [7, 11) is 0. The van der Waals surface area contributed by atoms with E-state index in [4.69, 9.17) is 5.73 Å². The van der Waals surface area contributed by atoms with Crippen LogP contribution in [0.2, 0.25) is 0 Å². The predicted molar refractivity (Wildman–Crippen MR) is 70.9 cm³/mol. The predicted octanol–water partition coefficient (Wildman–Crippen LogP) is 2.82. The Kier molecular flexibility index (Phi) is 4.34. The lowest BCUT2D eigenvalue weighted by Crippen LogP contribution is -2.26. The lowest BCUT2D eigenvalue weighted by molar-refractivity contribution is 0.561. The lowest BCUT2D eigenvalue weighted by Gasteiger charge is -2.19. The molecule has 1 aromatic rings. The van der Waals surface area contributed by atoms with Gasteiger partial charge in [-0.3, -0.25) is 0 Å². The summed E-state index contributed by atoms with van der Waals surface area (Å²) in [5.74, 6) is -1.69. The molecule has 0 saturated carbocycles. The second-order valence-electron chi connectivity index (χ2n) is 4.86. The minimum atomic E-state index is -1.50. The highest BCUT2D eigenvalue weighted by Crippen LogP contribution is 2.22. The van der Waals surface area contributed by atoms with Crippen LogP contribution in [0.15, 0.2) is 16.5 Å². The van der Waals surface area contributed by atoms with Crippen molar-refractivity contribution in [3.63, 3.8) is 0 Å². The van der Waals surface area contributed by atoms with Gasteiger partial charge in [0.25, 0.3) is 0 Å². The standard InChI is InChI=1S/C12H16F2N2OS/c1-7(16-18(17)12(2,3)4)8-5-6-9(13)11(15)10(8)14/h5-6H,15H2,1-4H3/b16-7+. The number of halogens is 2. The summed E-state index contributed by atoms with van der Waals surface area (Å²) in [5, 5.41) is 0. The molecule has 1 atom stereocenters. The van der Waals surface area contributed by atoms with E-state index in [-0.39, 0.29) is 11.3 Å². The van der Waals surface area contributed by atoms with Crippen molar-refractivity contribution in [1.82, 2.24) is 0 Å². The van der Waals surface area contributed by atoms with Crippen LogP contribution >= 0.6 is 0 Å². The first-order valence-electron chi connectivity index (χ1n) is 5.35. The van der Waals surface area contributed by atoms with Crippen LogP contribution in [0.3, 0.4) is 0 Å². The maximum Gasteiger partial charge on any atom is 0.158 e. The number of nitrogens with two attached hydrogens (primary N) is 1. The Morgan fingerprint density at radius 2 is 1.89 bits per heavy atom. The Balaban J connectivity index is 3.16. The Morgan fingerprint density at radius 1 is 1.33 bits per heavy atom. The van der Waals surface area contributed by atoms with Crippen LogP contribution in [0.25, 0.3) is 0 Å². The fourth-order valence-electron chi connectivity index (χ4n) is 1.16. The van der Waals surface area contributed by atoms with E-state index in [0.29, 0.717) is 0 Å². The molecule has 0 aliphatic carbocycles. The molecule has 3 nitrogen and oxygen atoms in total. The van der Waals surface area contributed by atoms with Gasteiger partial charge in [-0.25, -0.2) is 8.78 Å². The van der Waals surface area contributed by atoms with Gasteiger partial charge in [-0.15, -0.1) is 0 Å². The molecule has 0 saturated heterocycles. The monoisotopic (exact) mass is 274 g/mol. The van der Waals surface area contributed by atoms with Crippen molar-refractivity contribution in [3.05, 3.63) is 29.3 Å². The normalized spacial score (nSPS) is 14.7. The first kappa shape index (κ1) is 14.9. The molecule has 2 N–H and O–H groups in total. The highest BCUT2D eigenvalue weighted by Gasteiger charge is 2.27. The zero-order chi connectivity index (χ0) is 14.1. The number of benzene rings is 1. The summed E-state index contributed by atoms with van der Waals surface area (Å²) in [6.07, 6.45) is 0. The van der Waals surface area contributed by atoms with E-state index in [1.807, 2.05) is 0 Å². The average molecular weight is 274 g/mol. The van der Waals surface area contributed by atoms with Gasteiger partial charge in [0.1, 0.15) is 27.6 Å². The summed E-state index contributed by atoms with van der Waals surface area (Å²) in [6.45, 7) is 6.79. The Hall–Kier alpha value is -1.14. The second-order valence-corrected chi connectivity index (χ2v) is 6.77. The lowest BCUT2D eigenvalue weighted by atomic mass is 10.1. The number of nitrogens with zero attached hydrogens (tertiary/aromatic N) is 1. The zero-order valence-corrected chi connectivity index (χ0v) is 11.6. The number of anilines is 1. The highest BCUT2D eigenvalue weighted by atomic mass is 32.2. The number of nitrogen functional groups attached to an aromatic ring is 1. The van der Waals surface area contributed by atoms with Crippen LogP contribution < -0.4 is 5.73 Å². The van der Waals surface area contributed by atoms with Gasteiger partial charge in [-0.1, -0.05) is 4.40 Å². The fraction of sp³-hybridized carbons (Fsp3) is 0.417. The third kappa shape index (κ3) is 3.20. The molecule has 0 aliphatic heterocycles. The third-order valence-corrected chi connectivity index (χ3v) is 3.75. The maximum atomic E-state index is 13.7. The fourth-order valence-corrected chi connectivity index (χ4v) is 1.78. The first-order valence-corrected chi connectivity index (χ1v) is 6.46. The molecule has 0 radical (unpaired) electrons. The van der Waals surface area contributed by atoms with E-state index in [9.17, 15) is 13.3 Å². The second kappa shape index (κ2) is 5.24. The molecule has 0 heterocycles. The molecule has 0 amide bonds. The van der Waals surface area contributed by atoms with Crippen molar-refractivity contribution in [1.29, 1.82) is 0 Å². The van der Waals surface area contributed by atoms with Crippen LogP contribution in [-0.4, -0.2) is 15.0 Å². The number of hydrogen-bond acceptors (Lipinski definition) is 3. The molecule has 0 fully saturated rings. The highest BCUT2D eigenvalue weighted by molar-refractivity contribution is 7.91. The van der Waals surface area contributed by atoms with Gasteiger partial charge in [0, 0.05) is 5.56 Å². The van der Waals surface area contributed by atoms with E-state index in [1.54, 1.807) is 20.8 Å². The molecule has 1 rings (SSSR count). The molecule has 1 unspecified atom stereocenters. The molecule has 6 heteroatoms. The van der Waals surface area contributed by atoms with Crippen molar-refractivity contribution < 1.29 is 13.3 Å². The summed E-state index contributed by atoms with van der Waals surface area (Å²) in [4.78, 5) is 0. The smallest absolute Gasteiger partial charge is 0.158 e. The van der Waals surface area contributed by atoms with Crippen molar-refractivity contribution in [2.24, 2.45) is 4.40 Å². The van der Waals surface area contributed by atoms with Gasteiger partial charge in [0.2, 0.25) is 0 Å². The van der Waals surface area contributed by atoms with Gasteiger partial charge in [0.05, 0.1) is 5.71 Å². The Bertz CT molecular complexity index is 484. The van der Waals surface area contributed by atoms with E-state index in [0.717, 1.165) is 6.07 Å². The molecule has 0 aliphatic rings. The van der Waals surface area contributed by atoms with Gasteiger partial charge >= 0.3 is 0 Å². The van der Waals surface area contributed by atoms with Gasteiger partial charge in [0.15, 0.2) is 5.82 Å². The molecule has 0 aromatic heterocycles. The van der Waals surface area contributed by atoms with Gasteiger partial charge < -0.3 is 10.3 Å². The Labute approximate surface area is 108 Å². The van der Waals surface area contributed by atoms with E-state index < -0.39 is 33.4 Å². The summed E-state index contributed by atoms with van der Waals surface area (Å²) < 4.78 is 41.9. The van der Waals surface area contributed by atoms with Crippen molar-refractivity contribution >= 4 is 22.8 Å². The minimum absolute atomic E-state index is 0.0616. The van der Waals surface area contributed by atoms with Crippen LogP contribution in [-0.2, 0) is 11.4 Å². The molecular formula is C12H16F2N2OS. The average Bonchev–Trinajstić information content (AvgIpc) is 2.24. The van der Waals surface area contributed by atoms with Crippen molar-refractivity contribution in [3.8, 4) is 0 Å². The van der Waals surface area contributed by atoms with E-state index >= 15 is 0 Å². The third-order valence-electron chi connectivity index (χ3n) is 2.26.